The van der Waals surface area contributed by atoms with Gasteiger partial charge in [-0.25, -0.2) is 13.2 Å². The van der Waals surface area contributed by atoms with Crippen LogP contribution in [0, 0.1) is 5.92 Å². The number of hydrogen-bond donors (Lipinski definition) is 4. The number of carbonyl (C=O) groups excluding carboxylic acids is 2. The molecule has 1 fully saturated rings. The highest BCUT2D eigenvalue weighted by Gasteiger charge is 2.38. The average Bonchev–Trinajstić information content (AvgIpc) is 3.92. The second-order valence-corrected chi connectivity index (χ2v) is 13.7. The quantitative estimate of drug-likeness (QED) is 0.155. The van der Waals surface area contributed by atoms with Gasteiger partial charge in [-0.3, -0.25) is 4.79 Å². The van der Waals surface area contributed by atoms with Crippen LogP contribution in [0.2, 0.25) is 0 Å². The Labute approximate surface area is 272 Å². The summed E-state index contributed by atoms with van der Waals surface area (Å²) in [4.78, 5) is 26.7. The maximum Gasteiger partial charge on any atom is 0.407 e. The molecular formula is C35H46N4O6S. The Morgan fingerprint density at radius 3 is 2.02 bits per heavy atom. The number of nitrogens with two attached hydrogens (primary N) is 1. The van der Waals surface area contributed by atoms with Crippen LogP contribution in [0.15, 0.2) is 89.8 Å². The summed E-state index contributed by atoms with van der Waals surface area (Å²) < 4.78 is 33.4. The van der Waals surface area contributed by atoms with Crippen LogP contribution in [-0.4, -0.2) is 68.2 Å². The minimum atomic E-state index is -3.86. The molecule has 248 valence electrons. The monoisotopic (exact) mass is 650 g/mol. The first-order valence-corrected chi connectivity index (χ1v) is 17.4. The second kappa shape index (κ2) is 16.6. The van der Waals surface area contributed by atoms with Crippen LogP contribution in [0.25, 0.3) is 0 Å². The summed E-state index contributed by atoms with van der Waals surface area (Å²) in [6, 6.07) is 23.5. The van der Waals surface area contributed by atoms with E-state index in [1.807, 2.05) is 67.6 Å². The Bertz CT molecular complexity index is 1460. The normalized spacial score (nSPS) is 15.2. The Balaban J connectivity index is 1.51. The molecule has 2 amide bonds. The average molecular weight is 651 g/mol. The molecule has 5 N–H and O–H groups in total. The molecule has 1 aliphatic rings. The maximum absolute atomic E-state index is 14.1. The lowest BCUT2D eigenvalue weighted by molar-refractivity contribution is -0.124. The molecule has 10 nitrogen and oxygen atoms in total. The van der Waals surface area contributed by atoms with E-state index in [2.05, 4.69) is 10.6 Å². The number of aliphatic hydroxyl groups excluding tert-OH is 1. The molecule has 3 unspecified atom stereocenters. The Kier molecular flexibility index (Phi) is 12.6. The fourth-order valence-electron chi connectivity index (χ4n) is 5.98. The highest BCUT2D eigenvalue weighted by Crippen LogP contribution is 2.36. The summed E-state index contributed by atoms with van der Waals surface area (Å²) in [5, 5.41) is 16.3. The smallest absolute Gasteiger partial charge is 0.407 e. The number of carbonyl (C=O) groups is 2. The number of anilines is 1. The fraction of sp³-hybridized carbons (Fsp3) is 0.429. The zero-order valence-corrected chi connectivity index (χ0v) is 27.4. The summed E-state index contributed by atoms with van der Waals surface area (Å²) in [5.74, 6) is -0.508. The van der Waals surface area contributed by atoms with Gasteiger partial charge in [0, 0.05) is 30.2 Å². The number of benzene rings is 3. The number of hydrogen-bond acceptors (Lipinski definition) is 7. The lowest BCUT2D eigenvalue weighted by Gasteiger charge is -2.31. The number of ether oxygens (including phenoxy) is 1. The highest BCUT2D eigenvalue weighted by atomic mass is 32.2. The molecule has 0 radical (unpaired) electrons. The molecule has 1 saturated carbocycles. The van der Waals surface area contributed by atoms with E-state index >= 15 is 0 Å². The van der Waals surface area contributed by atoms with E-state index in [0.717, 1.165) is 24.0 Å². The number of nitrogens with one attached hydrogen (secondary N) is 2. The zero-order valence-electron chi connectivity index (χ0n) is 26.5. The van der Waals surface area contributed by atoms with Gasteiger partial charge in [-0.15, -0.1) is 0 Å². The molecule has 1 aliphatic carbocycles. The third kappa shape index (κ3) is 9.08. The molecule has 0 spiro atoms. The van der Waals surface area contributed by atoms with Crippen LogP contribution in [0.5, 0.6) is 0 Å². The van der Waals surface area contributed by atoms with E-state index in [1.54, 1.807) is 12.1 Å². The highest BCUT2D eigenvalue weighted by molar-refractivity contribution is 7.89. The summed E-state index contributed by atoms with van der Waals surface area (Å²) in [5.41, 5.74) is 7.98. The van der Waals surface area contributed by atoms with E-state index < -0.39 is 34.1 Å². The van der Waals surface area contributed by atoms with E-state index in [-0.39, 0.29) is 35.9 Å². The van der Waals surface area contributed by atoms with Crippen LogP contribution in [0.4, 0.5) is 10.5 Å². The van der Waals surface area contributed by atoms with Gasteiger partial charge in [-0.05, 0) is 79.8 Å². The van der Waals surface area contributed by atoms with Crippen molar-refractivity contribution in [3.63, 3.8) is 0 Å². The van der Waals surface area contributed by atoms with Gasteiger partial charge in [0.1, 0.15) is 6.04 Å². The summed E-state index contributed by atoms with van der Waals surface area (Å²) >= 11 is 0. The van der Waals surface area contributed by atoms with Crippen LogP contribution in [0.3, 0.4) is 0 Å². The third-order valence-corrected chi connectivity index (χ3v) is 10.5. The SMILES string of the molecule is CCCN(C(CO)CCCC(NC(=O)C(NC(=O)OC)C(c1ccccc1)c1ccccc1)C1CC1)S(=O)(=O)c1ccc(N)cc1. The number of amides is 2. The lowest BCUT2D eigenvalue weighted by atomic mass is 9.84. The van der Waals surface area contributed by atoms with Crippen molar-refractivity contribution < 1.29 is 27.9 Å². The Morgan fingerprint density at radius 2 is 1.52 bits per heavy atom. The van der Waals surface area contributed by atoms with Gasteiger partial charge < -0.3 is 26.2 Å². The fourth-order valence-corrected chi connectivity index (χ4v) is 7.71. The van der Waals surface area contributed by atoms with Crippen LogP contribution >= 0.6 is 0 Å². The van der Waals surface area contributed by atoms with Crippen molar-refractivity contribution in [2.45, 2.75) is 74.4 Å². The number of aliphatic hydroxyl groups is 1. The van der Waals surface area contributed by atoms with Crippen molar-refractivity contribution in [3.8, 4) is 0 Å². The van der Waals surface area contributed by atoms with E-state index in [9.17, 15) is 23.1 Å². The molecule has 3 atom stereocenters. The molecule has 11 heteroatoms. The molecule has 0 aliphatic heterocycles. The first-order chi connectivity index (χ1) is 22.2. The lowest BCUT2D eigenvalue weighted by Crippen LogP contribution is -2.53. The minimum absolute atomic E-state index is 0.132. The Hall–Kier alpha value is -3.93. The predicted octanol–water partition coefficient (Wildman–Crippen LogP) is 4.65. The molecule has 0 heterocycles. The molecule has 0 saturated heterocycles. The number of rotatable bonds is 17. The van der Waals surface area contributed by atoms with Gasteiger partial charge in [0.05, 0.1) is 18.6 Å². The minimum Gasteiger partial charge on any atom is -0.453 e. The third-order valence-electron chi connectivity index (χ3n) is 8.51. The first kappa shape index (κ1) is 34.9. The van der Waals surface area contributed by atoms with Crippen molar-refractivity contribution in [1.82, 2.24) is 14.9 Å². The van der Waals surface area contributed by atoms with E-state index in [0.29, 0.717) is 31.4 Å². The number of nitrogens with zero attached hydrogens (tertiary/aromatic N) is 1. The largest absolute Gasteiger partial charge is 0.453 e. The van der Waals surface area contributed by atoms with Crippen molar-refractivity contribution in [2.75, 3.05) is 26.0 Å². The molecule has 3 aromatic carbocycles. The topological polar surface area (TPSA) is 151 Å². The first-order valence-electron chi connectivity index (χ1n) is 15.9. The summed E-state index contributed by atoms with van der Waals surface area (Å²) in [6.07, 6.45) is 3.43. The molecule has 0 bridgehead atoms. The maximum atomic E-state index is 14.1. The van der Waals surface area contributed by atoms with Crippen LogP contribution in [0.1, 0.15) is 62.5 Å². The molecule has 3 aromatic rings. The number of sulfonamides is 1. The van der Waals surface area contributed by atoms with E-state index in [4.69, 9.17) is 10.5 Å². The van der Waals surface area contributed by atoms with Crippen molar-refractivity contribution in [1.29, 1.82) is 0 Å². The predicted molar refractivity (Wildman–Crippen MR) is 178 cm³/mol. The second-order valence-electron chi connectivity index (χ2n) is 11.8. The number of methoxy groups -OCH3 is 1. The number of alkyl carbamates (subject to hydrolysis) is 1. The van der Waals surface area contributed by atoms with Crippen LogP contribution in [-0.2, 0) is 19.6 Å². The van der Waals surface area contributed by atoms with Crippen molar-refractivity contribution >= 4 is 27.7 Å². The van der Waals surface area contributed by atoms with Crippen molar-refractivity contribution in [3.05, 3.63) is 96.1 Å². The van der Waals surface area contributed by atoms with Gasteiger partial charge in [-0.2, -0.15) is 4.31 Å². The molecule has 4 rings (SSSR count). The summed E-state index contributed by atoms with van der Waals surface area (Å²) in [7, 11) is -2.59. The van der Waals surface area contributed by atoms with Gasteiger partial charge in [-0.1, -0.05) is 67.6 Å². The van der Waals surface area contributed by atoms with Gasteiger partial charge >= 0.3 is 6.09 Å². The standard InChI is InChI=1S/C35H46N4O6S/c1-3-23-39(46(43,44)30-21-19-28(36)20-22-30)29(24-40)15-10-16-31(25-17-18-25)37-34(41)33(38-35(42)45-2)32(26-11-6-4-7-12-26)27-13-8-5-9-14-27/h4-9,11-14,19-22,25,29,31-33,40H,3,10,15-18,23-24,36H2,1-2H3,(H,37,41)(H,38,42). The Morgan fingerprint density at radius 1 is 0.935 bits per heavy atom. The zero-order chi connectivity index (χ0) is 33.1. The molecular weight excluding hydrogens is 604 g/mol. The molecule has 46 heavy (non-hydrogen) atoms. The van der Waals surface area contributed by atoms with Gasteiger partial charge in [0.15, 0.2) is 0 Å². The van der Waals surface area contributed by atoms with Crippen molar-refractivity contribution in [2.24, 2.45) is 5.92 Å². The number of nitrogen functional groups attached to an aromatic ring is 1. The summed E-state index contributed by atoms with van der Waals surface area (Å²) in [6.45, 7) is 1.84. The van der Waals surface area contributed by atoms with Gasteiger partial charge in [0.25, 0.3) is 0 Å². The van der Waals surface area contributed by atoms with Gasteiger partial charge in [0.2, 0.25) is 15.9 Å². The van der Waals surface area contributed by atoms with Crippen LogP contribution < -0.4 is 16.4 Å². The molecule has 0 aromatic heterocycles. The van der Waals surface area contributed by atoms with E-state index in [1.165, 1.54) is 23.5 Å².